The largest absolute Gasteiger partial charge is 0.491 e. The predicted octanol–water partition coefficient (Wildman–Crippen LogP) is 1.49. The molecule has 1 heterocycles. The second-order valence-electron chi connectivity index (χ2n) is 9.19. The number of amides is 4. The molecule has 9 heteroatoms. The second kappa shape index (κ2) is 12.7. The van der Waals surface area contributed by atoms with Crippen molar-refractivity contribution in [3.05, 3.63) is 65.2 Å². The maximum Gasteiger partial charge on any atom is 0.255 e. The first-order chi connectivity index (χ1) is 17.2. The van der Waals surface area contributed by atoms with Crippen molar-refractivity contribution in [1.29, 1.82) is 0 Å². The van der Waals surface area contributed by atoms with Crippen molar-refractivity contribution in [2.24, 2.45) is 5.92 Å². The minimum absolute atomic E-state index is 0.137. The van der Waals surface area contributed by atoms with E-state index in [9.17, 15) is 19.2 Å². The van der Waals surface area contributed by atoms with Crippen LogP contribution < -0.4 is 26.0 Å². The number of hydrogen-bond acceptors (Lipinski definition) is 5. The average Bonchev–Trinajstić information content (AvgIpc) is 2.84. The molecule has 2 aromatic rings. The molecule has 2 aromatic carbocycles. The molecule has 3 rings (SSSR count). The van der Waals surface area contributed by atoms with Gasteiger partial charge in [0.2, 0.25) is 17.7 Å². The lowest BCUT2D eigenvalue weighted by molar-refractivity contribution is -0.131. The molecule has 4 amide bonds. The number of fused-ring (bicyclic) bond motifs is 1. The van der Waals surface area contributed by atoms with Crippen molar-refractivity contribution in [2.45, 2.75) is 45.7 Å². The Balaban J connectivity index is 1.79. The molecule has 192 valence electrons. The second-order valence-corrected chi connectivity index (χ2v) is 9.19. The monoisotopic (exact) mass is 494 g/mol. The Bertz CT molecular complexity index is 1100. The summed E-state index contributed by atoms with van der Waals surface area (Å²) in [7, 11) is 0. The van der Waals surface area contributed by atoms with Gasteiger partial charge in [-0.1, -0.05) is 55.8 Å². The summed E-state index contributed by atoms with van der Waals surface area (Å²) in [4.78, 5) is 51.7. The van der Waals surface area contributed by atoms with E-state index in [2.05, 4.69) is 21.3 Å². The number of benzene rings is 2. The third-order valence-electron chi connectivity index (χ3n) is 5.86. The van der Waals surface area contributed by atoms with Crippen LogP contribution in [0.15, 0.2) is 48.5 Å². The lowest BCUT2D eigenvalue weighted by Crippen LogP contribution is -2.54. The van der Waals surface area contributed by atoms with E-state index in [1.165, 1.54) is 0 Å². The zero-order valence-corrected chi connectivity index (χ0v) is 20.9. The first kappa shape index (κ1) is 26.7. The molecule has 0 radical (unpaired) electrons. The lowest BCUT2D eigenvalue weighted by Gasteiger charge is -2.24. The van der Waals surface area contributed by atoms with Gasteiger partial charge < -0.3 is 26.0 Å². The molecule has 1 aliphatic heterocycles. The van der Waals surface area contributed by atoms with Gasteiger partial charge in [0.25, 0.3) is 5.91 Å². The van der Waals surface area contributed by atoms with Gasteiger partial charge >= 0.3 is 0 Å². The topological polar surface area (TPSA) is 126 Å². The van der Waals surface area contributed by atoms with Gasteiger partial charge in [0.15, 0.2) is 0 Å². The summed E-state index contributed by atoms with van der Waals surface area (Å²) in [6.45, 7) is 6.32. The normalized spacial score (nSPS) is 19.2. The molecular formula is C27H34N4O5. The van der Waals surface area contributed by atoms with Crippen LogP contribution in [0.4, 0.5) is 0 Å². The molecule has 36 heavy (non-hydrogen) atoms. The molecule has 0 spiro atoms. The van der Waals surface area contributed by atoms with Crippen molar-refractivity contribution in [3.8, 4) is 5.75 Å². The van der Waals surface area contributed by atoms with Crippen molar-refractivity contribution in [2.75, 3.05) is 19.7 Å². The van der Waals surface area contributed by atoms with E-state index in [1.807, 2.05) is 45.0 Å². The van der Waals surface area contributed by atoms with Gasteiger partial charge in [0.1, 0.15) is 24.4 Å². The van der Waals surface area contributed by atoms with E-state index in [-0.39, 0.29) is 37.0 Å². The molecule has 0 fully saturated rings. The van der Waals surface area contributed by atoms with E-state index in [0.717, 1.165) is 11.1 Å². The highest BCUT2D eigenvalue weighted by Gasteiger charge is 2.29. The van der Waals surface area contributed by atoms with Crippen LogP contribution in [0, 0.1) is 12.8 Å². The summed E-state index contributed by atoms with van der Waals surface area (Å²) in [5.41, 5.74) is 2.43. The molecule has 0 saturated carbocycles. The number of carbonyl (C=O) groups is 4. The molecule has 1 aliphatic rings. The quantitative estimate of drug-likeness (QED) is 0.501. The first-order valence-electron chi connectivity index (χ1n) is 12.2. The fraction of sp³-hybridized carbons (Fsp3) is 0.407. The number of para-hydroxylation sites is 1. The maximum absolute atomic E-state index is 13.1. The van der Waals surface area contributed by atoms with Crippen molar-refractivity contribution >= 4 is 23.6 Å². The molecule has 0 saturated heterocycles. The molecule has 0 aliphatic carbocycles. The molecule has 0 unspecified atom stereocenters. The van der Waals surface area contributed by atoms with Crippen LogP contribution in [0.5, 0.6) is 5.75 Å². The van der Waals surface area contributed by atoms with Crippen LogP contribution in [-0.4, -0.2) is 55.4 Å². The summed E-state index contributed by atoms with van der Waals surface area (Å²) in [6.07, 6.45) is 0.286. The Morgan fingerprint density at radius 2 is 1.86 bits per heavy atom. The van der Waals surface area contributed by atoms with E-state index in [0.29, 0.717) is 18.7 Å². The van der Waals surface area contributed by atoms with Crippen LogP contribution in [0.3, 0.4) is 0 Å². The summed E-state index contributed by atoms with van der Waals surface area (Å²) in [6, 6.07) is 12.7. The van der Waals surface area contributed by atoms with Crippen molar-refractivity contribution in [3.63, 3.8) is 0 Å². The molecule has 9 nitrogen and oxygen atoms in total. The Hall–Kier alpha value is -3.88. The molecule has 0 bridgehead atoms. The van der Waals surface area contributed by atoms with E-state index < -0.39 is 29.8 Å². The smallest absolute Gasteiger partial charge is 0.255 e. The van der Waals surface area contributed by atoms with Crippen LogP contribution in [0.25, 0.3) is 0 Å². The molecule has 4 N–H and O–H groups in total. The van der Waals surface area contributed by atoms with Crippen LogP contribution in [-0.2, 0) is 20.8 Å². The number of aryl methyl sites for hydroxylation is 1. The number of rotatable bonds is 5. The van der Waals surface area contributed by atoms with Gasteiger partial charge in [0.05, 0.1) is 18.5 Å². The van der Waals surface area contributed by atoms with Gasteiger partial charge in [-0.3, -0.25) is 19.2 Å². The number of nitrogens with one attached hydrogen (secondary N) is 4. The number of ether oxygens (including phenoxy) is 1. The Labute approximate surface area is 211 Å². The van der Waals surface area contributed by atoms with Crippen LogP contribution in [0.1, 0.15) is 41.8 Å². The summed E-state index contributed by atoms with van der Waals surface area (Å²) >= 11 is 0. The Morgan fingerprint density at radius 3 is 2.61 bits per heavy atom. The SMILES string of the molecule is Cc1cccc(CCNC(=O)[C@@H]2CC(=O)N[C@@H](C(C)C)C(=O)NCCOc3ccccc3C(=O)N2)c1. The highest BCUT2D eigenvalue weighted by atomic mass is 16.5. The van der Waals surface area contributed by atoms with E-state index in [1.54, 1.807) is 24.3 Å². The third-order valence-corrected chi connectivity index (χ3v) is 5.86. The van der Waals surface area contributed by atoms with Gasteiger partial charge in [-0.05, 0) is 37.0 Å². The summed E-state index contributed by atoms with van der Waals surface area (Å²) in [5.74, 6) is -1.72. The van der Waals surface area contributed by atoms with Crippen LogP contribution in [0.2, 0.25) is 0 Å². The van der Waals surface area contributed by atoms with Crippen molar-refractivity contribution < 1.29 is 23.9 Å². The average molecular weight is 495 g/mol. The fourth-order valence-electron chi connectivity index (χ4n) is 3.94. The Morgan fingerprint density at radius 1 is 1.08 bits per heavy atom. The van der Waals surface area contributed by atoms with Gasteiger partial charge in [-0.25, -0.2) is 0 Å². The standard InChI is InChI=1S/C27H34N4O5/c1-17(2)24-27(35)29-13-14-36-22-10-5-4-9-20(22)25(33)30-21(16-23(32)31-24)26(34)28-12-11-19-8-6-7-18(3)15-19/h4-10,15,17,21,24H,11-14,16H2,1-3H3,(H,28,34)(H,29,35)(H,30,33)(H,31,32)/t21-,24-/m0/s1. The van der Waals surface area contributed by atoms with Gasteiger partial charge in [-0.15, -0.1) is 0 Å². The van der Waals surface area contributed by atoms with E-state index >= 15 is 0 Å². The minimum atomic E-state index is -1.14. The summed E-state index contributed by atoms with van der Waals surface area (Å²) in [5, 5.41) is 11.0. The van der Waals surface area contributed by atoms with E-state index in [4.69, 9.17) is 4.74 Å². The number of hydrogen-bond donors (Lipinski definition) is 4. The fourth-order valence-corrected chi connectivity index (χ4v) is 3.94. The maximum atomic E-state index is 13.1. The Kier molecular flexibility index (Phi) is 9.44. The van der Waals surface area contributed by atoms with Gasteiger partial charge in [0, 0.05) is 6.54 Å². The van der Waals surface area contributed by atoms with Crippen LogP contribution >= 0.6 is 0 Å². The molecule has 2 atom stereocenters. The minimum Gasteiger partial charge on any atom is -0.491 e. The van der Waals surface area contributed by atoms with Crippen molar-refractivity contribution in [1.82, 2.24) is 21.3 Å². The predicted molar refractivity (Wildman–Crippen MR) is 135 cm³/mol. The third kappa shape index (κ3) is 7.56. The molecular weight excluding hydrogens is 460 g/mol. The highest BCUT2D eigenvalue weighted by molar-refractivity contribution is 6.01. The number of carbonyl (C=O) groups excluding carboxylic acids is 4. The zero-order valence-electron chi connectivity index (χ0n) is 20.9. The zero-order chi connectivity index (χ0) is 26.1. The summed E-state index contributed by atoms with van der Waals surface area (Å²) < 4.78 is 5.72. The first-order valence-corrected chi connectivity index (χ1v) is 12.2. The van der Waals surface area contributed by atoms with Gasteiger partial charge in [-0.2, -0.15) is 0 Å². The lowest BCUT2D eigenvalue weighted by atomic mass is 10.0. The molecule has 0 aromatic heterocycles. The highest BCUT2D eigenvalue weighted by Crippen LogP contribution is 2.18.